The number of halogens is 1. The van der Waals surface area contributed by atoms with Crippen molar-refractivity contribution >= 4 is 28.5 Å². The van der Waals surface area contributed by atoms with Gasteiger partial charge in [-0.1, -0.05) is 11.6 Å². The molecular weight excluding hydrogens is 266 g/mol. The minimum Gasteiger partial charge on any atom is -0.372 e. The molecule has 0 amide bonds. The van der Waals surface area contributed by atoms with Gasteiger partial charge in [0.25, 0.3) is 0 Å². The maximum atomic E-state index is 5.84. The van der Waals surface area contributed by atoms with Crippen molar-refractivity contribution in [3.05, 3.63) is 29.4 Å². The quantitative estimate of drug-likeness (QED) is 0.781. The molecule has 3 heterocycles. The zero-order chi connectivity index (χ0) is 13.4. The summed E-state index contributed by atoms with van der Waals surface area (Å²) in [7, 11) is 3.67. The number of aromatic nitrogens is 6. The molecule has 3 aromatic heterocycles. The number of rotatable bonds is 3. The second-order valence-corrected chi connectivity index (χ2v) is 4.54. The van der Waals surface area contributed by atoms with E-state index in [-0.39, 0.29) is 0 Å². The van der Waals surface area contributed by atoms with Crippen LogP contribution in [0.15, 0.2) is 18.6 Å². The Morgan fingerprint density at radius 2 is 2.11 bits per heavy atom. The van der Waals surface area contributed by atoms with E-state index >= 15 is 0 Å². The fourth-order valence-electron chi connectivity index (χ4n) is 1.90. The van der Waals surface area contributed by atoms with Crippen LogP contribution in [0.25, 0.3) is 11.0 Å². The predicted molar refractivity (Wildman–Crippen MR) is 72.2 cm³/mol. The summed E-state index contributed by atoms with van der Waals surface area (Å²) < 4.78 is 3.41. The van der Waals surface area contributed by atoms with Gasteiger partial charge in [-0.15, -0.1) is 0 Å². The summed E-state index contributed by atoms with van der Waals surface area (Å²) in [5.41, 5.74) is 0.785. The van der Waals surface area contributed by atoms with E-state index in [0.717, 1.165) is 16.9 Å². The third-order valence-corrected chi connectivity index (χ3v) is 2.98. The Bertz CT molecular complexity index is 730. The smallest absolute Gasteiger partial charge is 0.163 e. The molecule has 0 saturated heterocycles. The third-order valence-electron chi connectivity index (χ3n) is 2.78. The Hall–Kier alpha value is -2.15. The van der Waals surface area contributed by atoms with Crippen molar-refractivity contribution in [1.29, 1.82) is 0 Å². The van der Waals surface area contributed by atoms with Gasteiger partial charge < -0.3 is 5.32 Å². The molecule has 3 aromatic rings. The number of fused-ring (bicyclic) bond motifs is 1. The predicted octanol–water partition coefficient (Wildman–Crippen LogP) is 1.30. The van der Waals surface area contributed by atoms with Gasteiger partial charge in [-0.2, -0.15) is 10.2 Å². The second kappa shape index (κ2) is 4.51. The van der Waals surface area contributed by atoms with Crippen LogP contribution in [0.3, 0.4) is 0 Å². The zero-order valence-electron chi connectivity index (χ0n) is 10.5. The van der Waals surface area contributed by atoms with E-state index in [1.54, 1.807) is 28.0 Å². The van der Waals surface area contributed by atoms with E-state index in [1.807, 2.05) is 14.1 Å². The molecule has 0 aromatic carbocycles. The largest absolute Gasteiger partial charge is 0.372 e. The van der Waals surface area contributed by atoms with Crippen LogP contribution in [0.2, 0.25) is 5.02 Å². The molecule has 0 saturated carbocycles. The highest BCUT2D eigenvalue weighted by molar-refractivity contribution is 6.30. The van der Waals surface area contributed by atoms with Gasteiger partial charge in [-0.25, -0.2) is 9.97 Å². The van der Waals surface area contributed by atoms with Crippen molar-refractivity contribution in [2.24, 2.45) is 7.05 Å². The summed E-state index contributed by atoms with van der Waals surface area (Å²) in [4.78, 5) is 8.95. The van der Waals surface area contributed by atoms with Gasteiger partial charge in [0.2, 0.25) is 0 Å². The number of hydrogen-bond acceptors (Lipinski definition) is 5. The van der Waals surface area contributed by atoms with E-state index in [1.165, 1.54) is 0 Å². The van der Waals surface area contributed by atoms with Crippen LogP contribution in [0, 0.1) is 0 Å². The van der Waals surface area contributed by atoms with Crippen molar-refractivity contribution in [3.8, 4) is 0 Å². The SMILES string of the molecule is CNc1nc(Cn2cc(Cl)cn2)nc2c1cnn2C. The number of aryl methyl sites for hydroxylation is 1. The van der Waals surface area contributed by atoms with Crippen LogP contribution in [-0.4, -0.2) is 36.6 Å². The fourth-order valence-corrected chi connectivity index (χ4v) is 2.05. The standard InChI is InChI=1S/C11H12ClN7/c1-13-10-8-4-14-18(2)11(8)17-9(16-10)6-19-5-7(12)3-15-19/h3-5H,6H2,1-2H3,(H,13,16,17). The van der Waals surface area contributed by atoms with Gasteiger partial charge in [0.1, 0.15) is 12.4 Å². The van der Waals surface area contributed by atoms with E-state index in [0.29, 0.717) is 17.4 Å². The normalized spacial score (nSPS) is 11.1. The highest BCUT2D eigenvalue weighted by atomic mass is 35.5. The molecule has 3 rings (SSSR count). The van der Waals surface area contributed by atoms with Crippen LogP contribution in [0.4, 0.5) is 5.82 Å². The van der Waals surface area contributed by atoms with Gasteiger partial charge in [0.15, 0.2) is 11.5 Å². The Balaban J connectivity index is 2.06. The Morgan fingerprint density at radius 1 is 1.26 bits per heavy atom. The molecule has 8 heteroatoms. The minimum atomic E-state index is 0.461. The summed E-state index contributed by atoms with van der Waals surface area (Å²) in [5.74, 6) is 1.41. The monoisotopic (exact) mass is 277 g/mol. The van der Waals surface area contributed by atoms with Crippen LogP contribution in [0.5, 0.6) is 0 Å². The highest BCUT2D eigenvalue weighted by Crippen LogP contribution is 2.19. The average molecular weight is 278 g/mol. The minimum absolute atomic E-state index is 0.461. The molecule has 1 N–H and O–H groups in total. The van der Waals surface area contributed by atoms with Crippen molar-refractivity contribution < 1.29 is 0 Å². The van der Waals surface area contributed by atoms with Crippen molar-refractivity contribution in [2.75, 3.05) is 12.4 Å². The van der Waals surface area contributed by atoms with Gasteiger partial charge in [-0.3, -0.25) is 9.36 Å². The number of anilines is 1. The fraction of sp³-hybridized carbons (Fsp3) is 0.273. The lowest BCUT2D eigenvalue weighted by Gasteiger charge is -2.05. The summed E-state index contributed by atoms with van der Waals surface area (Å²) in [6.07, 6.45) is 5.07. The first-order valence-electron chi connectivity index (χ1n) is 5.71. The average Bonchev–Trinajstić information content (AvgIpc) is 2.96. The molecule has 7 nitrogen and oxygen atoms in total. The molecule has 0 radical (unpaired) electrons. The van der Waals surface area contributed by atoms with Crippen LogP contribution < -0.4 is 5.32 Å². The van der Waals surface area contributed by atoms with Crippen molar-refractivity contribution in [3.63, 3.8) is 0 Å². The highest BCUT2D eigenvalue weighted by Gasteiger charge is 2.11. The van der Waals surface area contributed by atoms with E-state index in [9.17, 15) is 0 Å². The Kier molecular flexibility index (Phi) is 2.83. The van der Waals surface area contributed by atoms with Gasteiger partial charge >= 0.3 is 0 Å². The first-order valence-corrected chi connectivity index (χ1v) is 6.09. The lowest BCUT2D eigenvalue weighted by molar-refractivity contribution is 0.655. The number of nitrogens with one attached hydrogen (secondary N) is 1. The molecule has 0 bridgehead atoms. The molecule has 0 aliphatic heterocycles. The molecule has 0 atom stereocenters. The maximum Gasteiger partial charge on any atom is 0.163 e. The summed E-state index contributed by atoms with van der Waals surface area (Å²) >= 11 is 5.84. The van der Waals surface area contributed by atoms with Crippen molar-refractivity contribution in [2.45, 2.75) is 6.54 Å². The lowest BCUT2D eigenvalue weighted by atomic mass is 10.4. The summed E-state index contributed by atoms with van der Waals surface area (Å²) in [6.45, 7) is 0.461. The van der Waals surface area contributed by atoms with Crippen LogP contribution >= 0.6 is 11.6 Å². The number of hydrogen-bond donors (Lipinski definition) is 1. The second-order valence-electron chi connectivity index (χ2n) is 4.10. The summed E-state index contributed by atoms with van der Waals surface area (Å²) in [6, 6.07) is 0. The third kappa shape index (κ3) is 2.12. The molecule has 19 heavy (non-hydrogen) atoms. The molecule has 0 spiro atoms. The summed E-state index contributed by atoms with van der Waals surface area (Å²) in [5, 5.41) is 12.8. The zero-order valence-corrected chi connectivity index (χ0v) is 11.3. The molecule has 0 aliphatic rings. The Morgan fingerprint density at radius 3 is 2.79 bits per heavy atom. The molecular formula is C11H12ClN7. The van der Waals surface area contributed by atoms with E-state index < -0.39 is 0 Å². The van der Waals surface area contributed by atoms with Gasteiger partial charge in [0, 0.05) is 20.3 Å². The van der Waals surface area contributed by atoms with Gasteiger partial charge in [0.05, 0.1) is 22.8 Å². The van der Waals surface area contributed by atoms with E-state index in [4.69, 9.17) is 11.6 Å². The first kappa shape index (κ1) is 11.9. The van der Waals surface area contributed by atoms with Gasteiger partial charge in [-0.05, 0) is 0 Å². The number of nitrogens with zero attached hydrogens (tertiary/aromatic N) is 6. The topological polar surface area (TPSA) is 73.5 Å². The maximum absolute atomic E-state index is 5.84. The first-order chi connectivity index (χ1) is 9.17. The molecule has 0 fully saturated rings. The lowest BCUT2D eigenvalue weighted by Crippen LogP contribution is -2.08. The van der Waals surface area contributed by atoms with Crippen molar-refractivity contribution in [1.82, 2.24) is 29.5 Å². The van der Waals surface area contributed by atoms with E-state index in [2.05, 4.69) is 25.5 Å². The molecule has 98 valence electrons. The molecule has 0 unspecified atom stereocenters. The van der Waals surface area contributed by atoms with Crippen LogP contribution in [-0.2, 0) is 13.6 Å². The molecule has 0 aliphatic carbocycles. The Labute approximate surface area is 114 Å². The van der Waals surface area contributed by atoms with Crippen LogP contribution in [0.1, 0.15) is 5.82 Å².